The van der Waals surface area contributed by atoms with Crippen LogP contribution in [0.15, 0.2) is 23.3 Å². The minimum atomic E-state index is -0.167. The van der Waals surface area contributed by atoms with Crippen molar-refractivity contribution >= 4 is 0 Å². The Bertz CT molecular complexity index is 344. The molecule has 4 heteroatoms. The fourth-order valence-electron chi connectivity index (χ4n) is 1.63. The molecule has 1 aliphatic carbocycles. The molecule has 0 spiro atoms. The Kier molecular flexibility index (Phi) is 21.5. The molecular formula is C23H47O3Ti-. The van der Waals surface area contributed by atoms with Crippen molar-refractivity contribution in [2.24, 2.45) is 10.8 Å². The predicted molar refractivity (Wildman–Crippen MR) is 116 cm³/mol. The van der Waals surface area contributed by atoms with E-state index in [0.29, 0.717) is 10.8 Å². The second kappa shape index (κ2) is 16.9. The molecule has 0 saturated carbocycles. The Balaban J connectivity index is -0.000000169. The predicted octanol–water partition coefficient (Wildman–Crippen LogP) is 5.70. The van der Waals surface area contributed by atoms with Crippen molar-refractivity contribution in [2.75, 3.05) is 0 Å². The van der Waals surface area contributed by atoms with Crippen LogP contribution in [-0.2, 0) is 21.7 Å². The third-order valence-corrected chi connectivity index (χ3v) is 2.90. The fraction of sp³-hybridized carbons (Fsp3) is 0.783. The van der Waals surface area contributed by atoms with Crippen LogP contribution in [0.1, 0.15) is 89.5 Å². The van der Waals surface area contributed by atoms with Gasteiger partial charge in [0.25, 0.3) is 0 Å². The van der Waals surface area contributed by atoms with E-state index < -0.39 is 0 Å². The summed E-state index contributed by atoms with van der Waals surface area (Å²) in [5.41, 5.74) is 3.71. The smallest absolute Gasteiger partial charge is 0.0483 e. The van der Waals surface area contributed by atoms with E-state index in [4.69, 9.17) is 15.3 Å². The average molecular weight is 419 g/mol. The minimum Gasteiger partial charge on any atom is -0.394 e. The summed E-state index contributed by atoms with van der Waals surface area (Å²) >= 11 is 0. The topological polar surface area (TPSA) is 60.7 Å². The third kappa shape index (κ3) is 30.9. The number of aliphatic hydroxyl groups excluding tert-OH is 3. The Hall–Kier alpha value is -0.0557. The van der Waals surface area contributed by atoms with Crippen molar-refractivity contribution in [2.45, 2.75) is 108 Å². The van der Waals surface area contributed by atoms with E-state index in [-0.39, 0.29) is 40.0 Å². The second-order valence-electron chi connectivity index (χ2n) is 9.53. The molecule has 0 aromatic carbocycles. The van der Waals surface area contributed by atoms with E-state index in [9.17, 15) is 0 Å². The van der Waals surface area contributed by atoms with Gasteiger partial charge in [-0.25, -0.2) is 0 Å². The number of hydrogen-bond donors (Lipinski definition) is 3. The van der Waals surface area contributed by atoms with Crippen molar-refractivity contribution in [3.63, 3.8) is 0 Å². The first-order chi connectivity index (χ1) is 11.4. The van der Waals surface area contributed by atoms with Crippen LogP contribution in [0, 0.1) is 17.3 Å². The number of hydrogen-bond acceptors (Lipinski definition) is 3. The van der Waals surface area contributed by atoms with Gasteiger partial charge in [0.2, 0.25) is 0 Å². The van der Waals surface area contributed by atoms with Crippen LogP contribution in [0.2, 0.25) is 0 Å². The maximum absolute atomic E-state index is 8.06. The van der Waals surface area contributed by atoms with Gasteiger partial charge in [0.05, 0.1) is 0 Å². The van der Waals surface area contributed by atoms with Crippen LogP contribution in [0.3, 0.4) is 0 Å². The van der Waals surface area contributed by atoms with Gasteiger partial charge in [-0.3, -0.25) is 0 Å². The summed E-state index contributed by atoms with van der Waals surface area (Å²) in [6, 6.07) is 0. The first-order valence-corrected chi connectivity index (χ1v) is 9.69. The Morgan fingerprint density at radius 3 is 1.00 bits per heavy atom. The van der Waals surface area contributed by atoms with Crippen molar-refractivity contribution in [3.05, 3.63) is 29.7 Å². The number of allylic oxidation sites excluding steroid dienone is 4. The first-order valence-electron chi connectivity index (χ1n) is 9.69. The summed E-state index contributed by atoms with van der Waals surface area (Å²) in [5, 5.41) is 24.2. The number of aliphatic hydroxyl groups is 3. The Morgan fingerprint density at radius 2 is 0.852 bits per heavy atom. The van der Waals surface area contributed by atoms with Gasteiger partial charge in [-0.05, 0) is 41.5 Å². The molecule has 0 aliphatic heterocycles. The van der Waals surface area contributed by atoms with Crippen LogP contribution >= 0.6 is 0 Å². The number of rotatable bonds is 0. The van der Waals surface area contributed by atoms with Crippen LogP contribution in [0.4, 0.5) is 0 Å². The van der Waals surface area contributed by atoms with Crippen LogP contribution in [-0.4, -0.2) is 33.6 Å². The fourth-order valence-corrected chi connectivity index (χ4v) is 1.63. The van der Waals surface area contributed by atoms with Gasteiger partial charge in [0, 0.05) is 40.0 Å². The van der Waals surface area contributed by atoms with Crippen LogP contribution in [0.25, 0.3) is 0 Å². The molecule has 0 saturated heterocycles. The molecular weight excluding hydrogens is 372 g/mol. The standard InChI is InChI=1S/C14H23.3C3H8O.Ti/c1-13(2,3)11-8-7-9-12(10-11)14(4,5)6;3*1-3(2)4;/h7-9H,10H2,1-6H3;3*3-4H,1-2H3;/q-1;;;;. The van der Waals surface area contributed by atoms with Gasteiger partial charge in [0.1, 0.15) is 0 Å². The van der Waals surface area contributed by atoms with E-state index in [1.165, 1.54) is 0 Å². The normalized spacial score (nSPS) is 13.6. The summed E-state index contributed by atoms with van der Waals surface area (Å²) in [6.07, 6.45) is 7.39. The molecule has 1 aliphatic rings. The molecule has 3 nitrogen and oxygen atoms in total. The Morgan fingerprint density at radius 1 is 0.667 bits per heavy atom. The third-order valence-electron chi connectivity index (χ3n) is 2.90. The molecule has 0 amide bonds. The van der Waals surface area contributed by atoms with Gasteiger partial charge in [-0.1, -0.05) is 58.8 Å². The van der Waals surface area contributed by atoms with Gasteiger partial charge >= 0.3 is 0 Å². The zero-order valence-electron chi connectivity index (χ0n) is 20.0. The molecule has 0 aromatic rings. The van der Waals surface area contributed by atoms with E-state index in [1.54, 1.807) is 52.7 Å². The van der Waals surface area contributed by atoms with Crippen LogP contribution < -0.4 is 0 Å². The maximum atomic E-state index is 8.06. The molecule has 0 unspecified atom stereocenters. The summed E-state index contributed by atoms with van der Waals surface area (Å²) in [5.74, 6) is 0. The molecule has 3 N–H and O–H groups in total. The van der Waals surface area contributed by atoms with E-state index in [1.807, 2.05) is 0 Å². The molecule has 0 atom stereocenters. The van der Waals surface area contributed by atoms with E-state index in [0.717, 1.165) is 6.42 Å². The monoisotopic (exact) mass is 419 g/mol. The molecule has 27 heavy (non-hydrogen) atoms. The SMILES string of the molecule is CC(C)(C)C1=C[CH-]C=C(C(C)(C)C)C1.CC(C)O.CC(C)O.CC(C)O.[Ti]. The summed E-state index contributed by atoms with van der Waals surface area (Å²) in [4.78, 5) is 0. The molecule has 0 fully saturated rings. The van der Waals surface area contributed by atoms with Gasteiger partial charge < -0.3 is 15.3 Å². The summed E-state index contributed by atoms with van der Waals surface area (Å²) in [6.45, 7) is 24.1. The van der Waals surface area contributed by atoms with Crippen LogP contribution in [0.5, 0.6) is 0 Å². The average Bonchev–Trinajstić information content (AvgIpc) is 2.34. The van der Waals surface area contributed by atoms with Crippen molar-refractivity contribution in [1.29, 1.82) is 0 Å². The molecule has 162 valence electrons. The largest absolute Gasteiger partial charge is 0.394 e. The molecule has 0 radical (unpaired) electrons. The minimum absolute atomic E-state index is 0. The van der Waals surface area contributed by atoms with E-state index in [2.05, 4.69) is 60.1 Å². The molecule has 0 aromatic heterocycles. The van der Waals surface area contributed by atoms with Gasteiger partial charge in [-0.2, -0.15) is 29.7 Å². The van der Waals surface area contributed by atoms with Crippen molar-refractivity contribution in [1.82, 2.24) is 0 Å². The van der Waals surface area contributed by atoms with E-state index >= 15 is 0 Å². The zero-order chi connectivity index (χ0) is 21.7. The van der Waals surface area contributed by atoms with Crippen molar-refractivity contribution < 1.29 is 37.0 Å². The molecule has 0 bridgehead atoms. The zero-order valence-corrected chi connectivity index (χ0v) is 21.6. The Labute approximate surface area is 185 Å². The summed E-state index contributed by atoms with van der Waals surface area (Å²) in [7, 11) is 0. The second-order valence-corrected chi connectivity index (χ2v) is 9.53. The van der Waals surface area contributed by atoms with Gasteiger partial charge in [0.15, 0.2) is 0 Å². The quantitative estimate of drug-likeness (QED) is 0.349. The molecule has 1 rings (SSSR count). The van der Waals surface area contributed by atoms with Crippen molar-refractivity contribution in [3.8, 4) is 0 Å². The first kappa shape index (κ1) is 34.5. The maximum Gasteiger partial charge on any atom is 0.0483 e. The summed E-state index contributed by atoms with van der Waals surface area (Å²) < 4.78 is 0. The molecule has 0 heterocycles. The van der Waals surface area contributed by atoms with Gasteiger partial charge in [-0.15, -0.1) is 0 Å².